The fourth-order valence-electron chi connectivity index (χ4n) is 1.94. The fourth-order valence-corrected chi connectivity index (χ4v) is 2.84. The number of aliphatic imine (C=N–C) groups is 1. The van der Waals surface area contributed by atoms with Gasteiger partial charge in [-0.25, -0.2) is 0 Å². The van der Waals surface area contributed by atoms with Crippen molar-refractivity contribution in [2.45, 2.75) is 38.4 Å². The predicted molar refractivity (Wildman–Crippen MR) is 97.0 cm³/mol. The van der Waals surface area contributed by atoms with Crippen molar-refractivity contribution in [2.75, 3.05) is 25.9 Å². The third-order valence-electron chi connectivity index (χ3n) is 3.43. The Balaban J connectivity index is 2.36. The van der Waals surface area contributed by atoms with E-state index < -0.39 is 10.8 Å². The lowest BCUT2D eigenvalue weighted by molar-refractivity contribution is 0.646. The maximum Gasteiger partial charge on any atom is 0.191 e. The second-order valence-corrected chi connectivity index (χ2v) is 8.68. The molecule has 0 fully saturated rings. The lowest BCUT2D eigenvalue weighted by atomic mass is 10.0. The van der Waals surface area contributed by atoms with E-state index in [9.17, 15) is 4.21 Å². The minimum Gasteiger partial charge on any atom is -0.356 e. The zero-order valence-corrected chi connectivity index (χ0v) is 15.2. The van der Waals surface area contributed by atoms with E-state index >= 15 is 0 Å². The van der Waals surface area contributed by atoms with Gasteiger partial charge < -0.3 is 10.6 Å². The molecule has 0 amide bonds. The summed E-state index contributed by atoms with van der Waals surface area (Å²) in [6, 6.07) is 10.4. The van der Waals surface area contributed by atoms with Crippen molar-refractivity contribution in [3.8, 4) is 0 Å². The van der Waals surface area contributed by atoms with E-state index in [-0.39, 0.29) is 4.75 Å². The molecule has 2 N–H and O–H groups in total. The van der Waals surface area contributed by atoms with E-state index in [1.165, 1.54) is 5.56 Å². The monoisotopic (exact) mass is 323 g/mol. The van der Waals surface area contributed by atoms with Crippen LogP contribution < -0.4 is 10.6 Å². The third-order valence-corrected chi connectivity index (χ3v) is 5.37. The first kappa shape index (κ1) is 18.7. The normalized spacial score (nSPS) is 15.2. The Morgan fingerprint density at radius 1 is 1.23 bits per heavy atom. The van der Waals surface area contributed by atoms with Crippen LogP contribution >= 0.6 is 0 Å². The zero-order valence-electron chi connectivity index (χ0n) is 14.3. The average molecular weight is 324 g/mol. The van der Waals surface area contributed by atoms with Gasteiger partial charge >= 0.3 is 0 Å². The Labute approximate surface area is 137 Å². The molecular formula is C17H29N3OS. The van der Waals surface area contributed by atoms with Crippen molar-refractivity contribution in [1.82, 2.24) is 10.6 Å². The van der Waals surface area contributed by atoms with Crippen molar-refractivity contribution in [1.29, 1.82) is 0 Å². The number of rotatable bonds is 6. The molecule has 1 rings (SSSR count). The van der Waals surface area contributed by atoms with E-state index in [2.05, 4.69) is 46.8 Å². The highest BCUT2D eigenvalue weighted by molar-refractivity contribution is 7.86. The van der Waals surface area contributed by atoms with Crippen LogP contribution in [-0.2, 0) is 10.8 Å². The highest BCUT2D eigenvalue weighted by atomic mass is 32.2. The molecule has 0 aliphatic rings. The van der Waals surface area contributed by atoms with Crippen molar-refractivity contribution < 1.29 is 4.21 Å². The molecule has 5 heteroatoms. The van der Waals surface area contributed by atoms with E-state index in [1.54, 1.807) is 7.05 Å². The van der Waals surface area contributed by atoms with Crippen LogP contribution in [0.4, 0.5) is 0 Å². The standard InChI is InChI=1S/C17H29N3OS/c1-14(15-9-7-6-8-10-15)13-20-16(18-5)19-11-12-22(21)17(2,3)4/h6-10,14H,11-13H2,1-5H3,(H2,18,19,20). The molecule has 1 aromatic carbocycles. The number of hydrogen-bond acceptors (Lipinski definition) is 2. The molecule has 0 aromatic heterocycles. The van der Waals surface area contributed by atoms with Gasteiger partial charge in [0.05, 0.1) is 0 Å². The molecule has 0 spiro atoms. The second-order valence-electron chi connectivity index (χ2n) is 6.35. The summed E-state index contributed by atoms with van der Waals surface area (Å²) in [5, 5.41) is 6.55. The smallest absolute Gasteiger partial charge is 0.191 e. The van der Waals surface area contributed by atoms with Gasteiger partial charge in [0.25, 0.3) is 0 Å². The summed E-state index contributed by atoms with van der Waals surface area (Å²) in [5.41, 5.74) is 1.30. The Kier molecular flexibility index (Phi) is 7.59. The minimum atomic E-state index is -0.843. The van der Waals surface area contributed by atoms with Gasteiger partial charge in [-0.1, -0.05) is 37.3 Å². The van der Waals surface area contributed by atoms with Crippen LogP contribution in [0.2, 0.25) is 0 Å². The SMILES string of the molecule is CN=C(NCCS(=O)C(C)(C)C)NCC(C)c1ccccc1. The minimum absolute atomic E-state index is 0.166. The molecule has 0 heterocycles. The number of nitrogens with one attached hydrogen (secondary N) is 2. The summed E-state index contributed by atoms with van der Waals surface area (Å²) in [6.45, 7) is 9.65. The van der Waals surface area contributed by atoms with Crippen LogP contribution in [0, 0.1) is 0 Å². The van der Waals surface area contributed by atoms with Crippen LogP contribution in [0.25, 0.3) is 0 Å². The van der Waals surface area contributed by atoms with Crippen LogP contribution in [0.3, 0.4) is 0 Å². The summed E-state index contributed by atoms with van der Waals surface area (Å²) in [7, 11) is 0.910. The summed E-state index contributed by atoms with van der Waals surface area (Å²) >= 11 is 0. The van der Waals surface area contributed by atoms with Crippen molar-refractivity contribution in [3.63, 3.8) is 0 Å². The predicted octanol–water partition coefficient (Wildman–Crippen LogP) is 2.50. The maximum atomic E-state index is 12.0. The van der Waals surface area contributed by atoms with Crippen LogP contribution in [0.15, 0.2) is 35.3 Å². The molecule has 22 heavy (non-hydrogen) atoms. The number of hydrogen-bond donors (Lipinski definition) is 2. The zero-order chi connectivity index (χ0) is 16.6. The number of nitrogens with zero attached hydrogens (tertiary/aromatic N) is 1. The van der Waals surface area contributed by atoms with Gasteiger partial charge in [-0.2, -0.15) is 0 Å². The van der Waals surface area contributed by atoms with Gasteiger partial charge in [-0.3, -0.25) is 9.20 Å². The molecule has 2 atom stereocenters. The maximum absolute atomic E-state index is 12.0. The topological polar surface area (TPSA) is 53.5 Å². The Morgan fingerprint density at radius 2 is 1.86 bits per heavy atom. The van der Waals surface area contributed by atoms with Crippen molar-refractivity contribution in [2.24, 2.45) is 4.99 Å². The van der Waals surface area contributed by atoms with E-state index in [0.29, 0.717) is 18.2 Å². The fraction of sp³-hybridized carbons (Fsp3) is 0.588. The van der Waals surface area contributed by atoms with E-state index in [4.69, 9.17) is 0 Å². The summed E-state index contributed by atoms with van der Waals surface area (Å²) in [4.78, 5) is 4.21. The quantitative estimate of drug-likeness (QED) is 0.625. The molecule has 0 bridgehead atoms. The molecule has 4 nitrogen and oxygen atoms in total. The van der Waals surface area contributed by atoms with Gasteiger partial charge in [-0.05, 0) is 32.3 Å². The Hall–Kier alpha value is -1.36. The van der Waals surface area contributed by atoms with Gasteiger partial charge in [0.1, 0.15) is 0 Å². The molecule has 0 radical (unpaired) electrons. The molecule has 1 aromatic rings. The molecule has 0 aliphatic carbocycles. The van der Waals surface area contributed by atoms with E-state index in [0.717, 1.165) is 12.5 Å². The van der Waals surface area contributed by atoms with Crippen LogP contribution in [0.1, 0.15) is 39.2 Å². The van der Waals surface area contributed by atoms with Crippen LogP contribution in [0.5, 0.6) is 0 Å². The van der Waals surface area contributed by atoms with Gasteiger partial charge in [0, 0.05) is 41.4 Å². The van der Waals surface area contributed by atoms with Gasteiger partial charge in [0.15, 0.2) is 5.96 Å². The van der Waals surface area contributed by atoms with Crippen LogP contribution in [-0.4, -0.2) is 40.8 Å². The first-order valence-corrected chi connectivity index (χ1v) is 9.04. The van der Waals surface area contributed by atoms with Gasteiger partial charge in [0.2, 0.25) is 0 Å². The largest absolute Gasteiger partial charge is 0.356 e. The first-order chi connectivity index (χ1) is 10.3. The molecule has 0 saturated carbocycles. The summed E-state index contributed by atoms with van der Waals surface area (Å²) in [5.74, 6) is 1.79. The molecule has 2 unspecified atom stereocenters. The second kappa shape index (κ2) is 8.93. The molecular weight excluding hydrogens is 294 g/mol. The highest BCUT2D eigenvalue weighted by Gasteiger charge is 2.18. The number of benzene rings is 1. The van der Waals surface area contributed by atoms with Gasteiger partial charge in [-0.15, -0.1) is 0 Å². The lowest BCUT2D eigenvalue weighted by Gasteiger charge is -2.19. The Morgan fingerprint density at radius 3 is 2.41 bits per heavy atom. The van der Waals surface area contributed by atoms with E-state index in [1.807, 2.05) is 26.8 Å². The summed E-state index contributed by atoms with van der Waals surface area (Å²) in [6.07, 6.45) is 0. The Bertz CT molecular complexity index is 494. The first-order valence-electron chi connectivity index (χ1n) is 7.72. The highest BCUT2D eigenvalue weighted by Crippen LogP contribution is 2.13. The summed E-state index contributed by atoms with van der Waals surface area (Å²) < 4.78 is 11.8. The third kappa shape index (κ3) is 6.60. The molecule has 124 valence electrons. The van der Waals surface area contributed by atoms with Crippen molar-refractivity contribution >= 4 is 16.8 Å². The van der Waals surface area contributed by atoms with Crippen molar-refractivity contribution in [3.05, 3.63) is 35.9 Å². The molecule has 0 aliphatic heterocycles. The average Bonchev–Trinajstić information content (AvgIpc) is 2.50. The molecule has 0 saturated heterocycles. The lowest BCUT2D eigenvalue weighted by Crippen LogP contribution is -2.41. The number of guanidine groups is 1.